The topological polar surface area (TPSA) is 72.2 Å². The van der Waals surface area contributed by atoms with Crippen molar-refractivity contribution in [3.05, 3.63) is 47.4 Å². The molecule has 0 saturated heterocycles. The Morgan fingerprint density at radius 3 is 3.04 bits per heavy atom. The summed E-state index contributed by atoms with van der Waals surface area (Å²) in [6, 6.07) is 5.94. The molecule has 2 heterocycles. The van der Waals surface area contributed by atoms with Crippen LogP contribution in [0.25, 0.3) is 10.9 Å². The summed E-state index contributed by atoms with van der Waals surface area (Å²) < 4.78 is 7.34. The van der Waals surface area contributed by atoms with Gasteiger partial charge in [0.1, 0.15) is 12.4 Å². The van der Waals surface area contributed by atoms with Crippen molar-refractivity contribution in [3.63, 3.8) is 0 Å². The Bertz CT molecular complexity index is 835. The summed E-state index contributed by atoms with van der Waals surface area (Å²) in [4.78, 5) is 8.37. The first-order valence-corrected chi connectivity index (χ1v) is 8.08. The Morgan fingerprint density at radius 2 is 2.21 bits per heavy atom. The second-order valence-corrected chi connectivity index (χ2v) is 5.85. The van der Waals surface area contributed by atoms with Crippen LogP contribution in [0.3, 0.4) is 0 Å². The molecule has 0 aliphatic carbocycles. The van der Waals surface area contributed by atoms with E-state index in [0.717, 1.165) is 23.5 Å². The first kappa shape index (κ1) is 16.5. The SMILES string of the molecule is Cn1cc(CCNc2cncc(OCCO)n2)c2ccc(Cl)cc21. The van der Waals surface area contributed by atoms with E-state index in [2.05, 4.69) is 32.1 Å². The number of benzene rings is 1. The molecule has 0 radical (unpaired) electrons. The Kier molecular flexibility index (Phi) is 5.17. The number of halogens is 1. The van der Waals surface area contributed by atoms with Crippen LogP contribution in [0, 0.1) is 0 Å². The number of aliphatic hydroxyl groups excluding tert-OH is 1. The number of fused-ring (bicyclic) bond motifs is 1. The molecule has 1 aromatic carbocycles. The van der Waals surface area contributed by atoms with Gasteiger partial charge in [-0.2, -0.15) is 4.98 Å². The minimum Gasteiger partial charge on any atom is -0.474 e. The maximum absolute atomic E-state index is 8.77. The number of nitrogens with zero attached hydrogens (tertiary/aromatic N) is 3. The average molecular weight is 347 g/mol. The maximum atomic E-state index is 8.77. The quantitative estimate of drug-likeness (QED) is 0.688. The number of aryl methyl sites for hydroxylation is 1. The molecular formula is C17H19ClN4O2. The highest BCUT2D eigenvalue weighted by atomic mass is 35.5. The first-order valence-electron chi connectivity index (χ1n) is 7.70. The van der Waals surface area contributed by atoms with Crippen LogP contribution >= 0.6 is 11.6 Å². The minimum absolute atomic E-state index is 0.0512. The van der Waals surface area contributed by atoms with Crippen molar-refractivity contribution in [1.82, 2.24) is 14.5 Å². The fourth-order valence-corrected chi connectivity index (χ4v) is 2.78. The number of aromatic nitrogens is 3. The second-order valence-electron chi connectivity index (χ2n) is 5.42. The van der Waals surface area contributed by atoms with Gasteiger partial charge in [0.2, 0.25) is 5.88 Å². The molecule has 0 saturated carbocycles. The van der Waals surface area contributed by atoms with Gasteiger partial charge in [-0.1, -0.05) is 17.7 Å². The number of ether oxygens (including phenoxy) is 1. The molecule has 0 amide bonds. The van der Waals surface area contributed by atoms with Gasteiger partial charge in [0, 0.05) is 35.7 Å². The fraction of sp³-hybridized carbons (Fsp3) is 0.294. The molecule has 2 N–H and O–H groups in total. The molecule has 6 nitrogen and oxygen atoms in total. The lowest BCUT2D eigenvalue weighted by molar-refractivity contribution is 0.196. The van der Waals surface area contributed by atoms with Crippen molar-refractivity contribution < 1.29 is 9.84 Å². The van der Waals surface area contributed by atoms with E-state index in [1.807, 2.05) is 19.2 Å². The molecule has 3 rings (SSSR count). The summed E-state index contributed by atoms with van der Waals surface area (Å²) in [5.41, 5.74) is 2.37. The molecule has 0 atom stereocenters. The van der Waals surface area contributed by atoms with E-state index in [9.17, 15) is 0 Å². The van der Waals surface area contributed by atoms with Crippen LogP contribution in [0.2, 0.25) is 5.02 Å². The summed E-state index contributed by atoms with van der Waals surface area (Å²) in [7, 11) is 2.02. The van der Waals surface area contributed by atoms with Crippen LogP contribution in [-0.4, -0.2) is 39.4 Å². The van der Waals surface area contributed by atoms with Gasteiger partial charge in [-0.3, -0.25) is 4.98 Å². The number of rotatable bonds is 7. The van der Waals surface area contributed by atoms with Crippen molar-refractivity contribution in [2.75, 3.05) is 25.1 Å². The van der Waals surface area contributed by atoms with Gasteiger partial charge in [0.25, 0.3) is 0 Å². The monoisotopic (exact) mass is 346 g/mol. The van der Waals surface area contributed by atoms with Crippen LogP contribution in [0.15, 0.2) is 36.8 Å². The lowest BCUT2D eigenvalue weighted by atomic mass is 10.1. The second kappa shape index (κ2) is 7.51. The van der Waals surface area contributed by atoms with Crippen molar-refractivity contribution in [2.24, 2.45) is 7.05 Å². The van der Waals surface area contributed by atoms with E-state index >= 15 is 0 Å². The lowest BCUT2D eigenvalue weighted by Crippen LogP contribution is -2.08. The predicted octanol–water partition coefficient (Wildman–Crippen LogP) is 2.65. The van der Waals surface area contributed by atoms with E-state index < -0.39 is 0 Å². The van der Waals surface area contributed by atoms with Gasteiger partial charge in [-0.25, -0.2) is 0 Å². The largest absolute Gasteiger partial charge is 0.474 e. The maximum Gasteiger partial charge on any atom is 0.234 e. The van der Waals surface area contributed by atoms with Crippen molar-refractivity contribution in [2.45, 2.75) is 6.42 Å². The molecule has 3 aromatic rings. The first-order chi connectivity index (χ1) is 11.7. The molecule has 24 heavy (non-hydrogen) atoms. The van der Waals surface area contributed by atoms with Gasteiger partial charge in [0.05, 0.1) is 19.0 Å². The Balaban J connectivity index is 1.65. The van der Waals surface area contributed by atoms with Crippen LogP contribution in [0.1, 0.15) is 5.56 Å². The average Bonchev–Trinajstić information content (AvgIpc) is 2.89. The summed E-state index contributed by atoms with van der Waals surface area (Å²) >= 11 is 6.07. The van der Waals surface area contributed by atoms with E-state index in [-0.39, 0.29) is 13.2 Å². The van der Waals surface area contributed by atoms with Crippen molar-refractivity contribution >= 4 is 28.3 Å². The Hall–Kier alpha value is -2.31. The van der Waals surface area contributed by atoms with Gasteiger partial charge in [-0.05, 0) is 24.1 Å². The van der Waals surface area contributed by atoms with E-state index in [0.29, 0.717) is 11.7 Å². The third kappa shape index (κ3) is 3.77. The van der Waals surface area contributed by atoms with Crippen LogP contribution in [-0.2, 0) is 13.5 Å². The minimum atomic E-state index is -0.0512. The molecule has 126 valence electrons. The number of nitrogens with one attached hydrogen (secondary N) is 1. The summed E-state index contributed by atoms with van der Waals surface area (Å²) in [5.74, 6) is 1.04. The smallest absolute Gasteiger partial charge is 0.234 e. The molecule has 0 aliphatic rings. The molecule has 2 aromatic heterocycles. The van der Waals surface area contributed by atoms with Crippen molar-refractivity contribution in [3.8, 4) is 5.88 Å². The van der Waals surface area contributed by atoms with Crippen LogP contribution < -0.4 is 10.1 Å². The Labute approximate surface area is 145 Å². The van der Waals surface area contributed by atoms with Crippen LogP contribution in [0.4, 0.5) is 5.82 Å². The zero-order chi connectivity index (χ0) is 16.9. The summed E-state index contributed by atoms with van der Waals surface area (Å²) in [6.45, 7) is 0.876. The number of hydrogen-bond donors (Lipinski definition) is 2. The third-order valence-electron chi connectivity index (χ3n) is 3.69. The van der Waals surface area contributed by atoms with Gasteiger partial charge in [-0.15, -0.1) is 0 Å². The zero-order valence-corrected chi connectivity index (χ0v) is 14.1. The fourth-order valence-electron chi connectivity index (χ4n) is 2.62. The van der Waals surface area contributed by atoms with Gasteiger partial charge in [0.15, 0.2) is 0 Å². The normalized spacial score (nSPS) is 11.0. The van der Waals surface area contributed by atoms with E-state index in [1.165, 1.54) is 17.1 Å². The van der Waals surface area contributed by atoms with Gasteiger partial charge < -0.3 is 19.7 Å². The van der Waals surface area contributed by atoms with E-state index in [4.69, 9.17) is 21.4 Å². The highest BCUT2D eigenvalue weighted by Crippen LogP contribution is 2.24. The Morgan fingerprint density at radius 1 is 1.33 bits per heavy atom. The molecule has 0 fully saturated rings. The van der Waals surface area contributed by atoms with E-state index in [1.54, 1.807) is 6.20 Å². The highest BCUT2D eigenvalue weighted by Gasteiger charge is 2.07. The zero-order valence-electron chi connectivity index (χ0n) is 13.4. The standard InChI is InChI=1S/C17H19ClN4O2/c1-22-11-12(14-3-2-13(18)8-15(14)22)4-5-20-16-9-19-10-17(21-16)24-7-6-23/h2-3,8-11,23H,4-7H2,1H3,(H,20,21). The molecule has 7 heteroatoms. The number of aliphatic hydroxyl groups is 1. The van der Waals surface area contributed by atoms with Gasteiger partial charge >= 0.3 is 0 Å². The molecule has 0 aliphatic heterocycles. The van der Waals surface area contributed by atoms with Crippen LogP contribution in [0.5, 0.6) is 5.88 Å². The molecule has 0 bridgehead atoms. The number of anilines is 1. The number of hydrogen-bond acceptors (Lipinski definition) is 5. The van der Waals surface area contributed by atoms with Crippen molar-refractivity contribution in [1.29, 1.82) is 0 Å². The molecule has 0 spiro atoms. The molecule has 0 unspecified atom stereocenters. The summed E-state index contributed by atoms with van der Waals surface area (Å²) in [5, 5.41) is 14.0. The lowest BCUT2D eigenvalue weighted by Gasteiger charge is -2.07. The molecular weight excluding hydrogens is 328 g/mol. The third-order valence-corrected chi connectivity index (χ3v) is 3.92. The highest BCUT2D eigenvalue weighted by molar-refractivity contribution is 6.31. The summed E-state index contributed by atoms with van der Waals surface area (Å²) in [6.07, 6.45) is 6.14. The predicted molar refractivity (Wildman–Crippen MR) is 94.7 cm³/mol.